The van der Waals surface area contributed by atoms with Crippen LogP contribution in [0, 0.1) is 0 Å². The van der Waals surface area contributed by atoms with E-state index in [2.05, 4.69) is 31.2 Å². The normalized spacial score (nSPS) is 11.2. The van der Waals surface area contributed by atoms with E-state index < -0.39 is 0 Å². The first kappa shape index (κ1) is 18.8. The van der Waals surface area contributed by atoms with Gasteiger partial charge in [0.05, 0.1) is 32.5 Å². The zero-order chi connectivity index (χ0) is 19.5. The Morgan fingerprint density at radius 3 is 2.89 bits per heavy atom. The summed E-state index contributed by atoms with van der Waals surface area (Å²) in [4.78, 5) is 33.5. The van der Waals surface area contributed by atoms with E-state index in [0.29, 0.717) is 30.4 Å². The van der Waals surface area contributed by atoms with Crippen molar-refractivity contribution in [3.63, 3.8) is 0 Å². The highest BCUT2D eigenvalue weighted by atomic mass is 79.9. The molecule has 6 nitrogen and oxygen atoms in total. The van der Waals surface area contributed by atoms with Crippen LogP contribution in [0.25, 0.3) is 21.1 Å². The van der Waals surface area contributed by atoms with Crippen molar-refractivity contribution in [3.8, 4) is 0 Å². The molecule has 0 radical (unpaired) electrons. The Kier molecular flexibility index (Phi) is 5.50. The Morgan fingerprint density at radius 1 is 1.18 bits per heavy atom. The molecule has 1 N–H and O–H groups in total. The third-order valence-corrected chi connectivity index (χ3v) is 5.95. The molecular weight excluding hydrogens is 440 g/mol. The van der Waals surface area contributed by atoms with Gasteiger partial charge in [0, 0.05) is 30.4 Å². The van der Waals surface area contributed by atoms with E-state index >= 15 is 0 Å². The monoisotopic (exact) mass is 456 g/mol. The summed E-state index contributed by atoms with van der Waals surface area (Å²) in [7, 11) is 0. The second-order valence-corrected chi connectivity index (χ2v) is 8.36. The maximum Gasteiger partial charge on any atom is 0.261 e. The lowest BCUT2D eigenvalue weighted by atomic mass is 10.2. The molecule has 1 amide bonds. The lowest BCUT2D eigenvalue weighted by molar-refractivity contribution is -0.121. The van der Waals surface area contributed by atoms with Gasteiger partial charge in [-0.3, -0.25) is 14.2 Å². The van der Waals surface area contributed by atoms with E-state index in [4.69, 9.17) is 0 Å². The van der Waals surface area contributed by atoms with Crippen LogP contribution in [0.2, 0.25) is 0 Å². The number of thiazole rings is 1. The van der Waals surface area contributed by atoms with Crippen molar-refractivity contribution in [1.82, 2.24) is 19.9 Å². The molecule has 0 unspecified atom stereocenters. The van der Waals surface area contributed by atoms with E-state index in [1.165, 1.54) is 10.9 Å². The Bertz CT molecular complexity index is 1180. The van der Waals surface area contributed by atoms with Crippen LogP contribution in [-0.4, -0.2) is 27.0 Å². The highest BCUT2D eigenvalue weighted by Gasteiger charge is 2.08. The van der Waals surface area contributed by atoms with Crippen LogP contribution in [-0.2, 0) is 17.8 Å². The third kappa shape index (κ3) is 4.13. The fourth-order valence-electron chi connectivity index (χ4n) is 2.94. The van der Waals surface area contributed by atoms with Gasteiger partial charge in [0.25, 0.3) is 5.56 Å². The van der Waals surface area contributed by atoms with Crippen LogP contribution < -0.4 is 10.9 Å². The van der Waals surface area contributed by atoms with Crippen LogP contribution in [0.1, 0.15) is 11.4 Å². The van der Waals surface area contributed by atoms with E-state index in [-0.39, 0.29) is 17.9 Å². The van der Waals surface area contributed by atoms with Gasteiger partial charge >= 0.3 is 0 Å². The van der Waals surface area contributed by atoms with Crippen molar-refractivity contribution in [2.45, 2.75) is 19.4 Å². The van der Waals surface area contributed by atoms with Gasteiger partial charge in [-0.2, -0.15) is 0 Å². The number of fused-ring (bicyclic) bond motifs is 2. The maximum atomic E-state index is 12.5. The Balaban J connectivity index is 1.32. The summed E-state index contributed by atoms with van der Waals surface area (Å²) < 4.78 is 3.45. The zero-order valence-electron chi connectivity index (χ0n) is 14.9. The third-order valence-electron chi connectivity index (χ3n) is 4.37. The summed E-state index contributed by atoms with van der Waals surface area (Å²) in [6.45, 7) is 0.817. The van der Waals surface area contributed by atoms with Gasteiger partial charge in [0.2, 0.25) is 5.91 Å². The Labute approximate surface area is 173 Å². The molecule has 0 bridgehead atoms. The van der Waals surface area contributed by atoms with Crippen LogP contribution in [0.4, 0.5) is 0 Å². The molecule has 0 aliphatic rings. The zero-order valence-corrected chi connectivity index (χ0v) is 17.3. The van der Waals surface area contributed by atoms with Gasteiger partial charge in [-0.15, -0.1) is 11.3 Å². The maximum absolute atomic E-state index is 12.5. The predicted octanol–water partition coefficient (Wildman–Crippen LogP) is 3.52. The molecule has 0 saturated heterocycles. The van der Waals surface area contributed by atoms with Crippen LogP contribution in [0.3, 0.4) is 0 Å². The number of carbonyl (C=O) groups is 1. The summed E-state index contributed by atoms with van der Waals surface area (Å²) in [6.07, 6.45) is 2.41. The van der Waals surface area contributed by atoms with Gasteiger partial charge in [-0.25, -0.2) is 9.97 Å². The van der Waals surface area contributed by atoms with Gasteiger partial charge in [-0.1, -0.05) is 28.1 Å². The molecule has 0 saturated carbocycles. The number of benzene rings is 2. The van der Waals surface area contributed by atoms with E-state index in [1.807, 2.05) is 30.3 Å². The fourth-order valence-corrected chi connectivity index (χ4v) is 4.26. The number of aryl methyl sites for hydroxylation is 1. The molecule has 0 aliphatic heterocycles. The highest BCUT2D eigenvalue weighted by molar-refractivity contribution is 9.10. The van der Waals surface area contributed by atoms with Gasteiger partial charge in [0.1, 0.15) is 0 Å². The van der Waals surface area contributed by atoms with Crippen LogP contribution in [0.15, 0.2) is 58.1 Å². The molecule has 28 heavy (non-hydrogen) atoms. The number of hydrogen-bond donors (Lipinski definition) is 1. The van der Waals surface area contributed by atoms with Crippen molar-refractivity contribution in [2.75, 3.05) is 6.54 Å². The molecule has 2 aromatic heterocycles. The van der Waals surface area contributed by atoms with E-state index in [1.54, 1.807) is 23.5 Å². The number of aromatic nitrogens is 3. The summed E-state index contributed by atoms with van der Waals surface area (Å²) >= 11 is 5.01. The number of amides is 1. The standard InChI is InChI=1S/C20H17BrN4O2S/c21-13-5-6-15-14(11-13)20(27)25(12-23-15)10-8-18(26)22-9-7-19-24-16-3-1-2-4-17(16)28-19/h1-6,11-12H,7-10H2,(H,22,26). The topological polar surface area (TPSA) is 76.9 Å². The SMILES string of the molecule is O=C(CCn1cnc2ccc(Br)cc2c1=O)NCCc1nc2ccccc2s1. The minimum atomic E-state index is -0.145. The number of hydrogen-bond acceptors (Lipinski definition) is 5. The number of halogens is 1. The molecule has 2 aromatic carbocycles. The van der Waals surface area contributed by atoms with Crippen molar-refractivity contribution in [1.29, 1.82) is 0 Å². The molecule has 0 atom stereocenters. The van der Waals surface area contributed by atoms with Gasteiger partial charge in [0.15, 0.2) is 0 Å². The summed E-state index contributed by atoms with van der Waals surface area (Å²) in [5.41, 5.74) is 1.49. The average molecular weight is 457 g/mol. The lowest BCUT2D eigenvalue weighted by Crippen LogP contribution is -2.29. The summed E-state index contributed by atoms with van der Waals surface area (Å²) in [5.74, 6) is -0.0950. The number of para-hydroxylation sites is 1. The molecule has 2 heterocycles. The lowest BCUT2D eigenvalue weighted by Gasteiger charge is -2.07. The second-order valence-electron chi connectivity index (χ2n) is 6.33. The molecule has 0 aliphatic carbocycles. The first-order valence-electron chi connectivity index (χ1n) is 8.86. The molecule has 8 heteroatoms. The summed E-state index contributed by atoms with van der Waals surface area (Å²) in [6, 6.07) is 13.4. The first-order chi connectivity index (χ1) is 13.6. The molecule has 0 fully saturated rings. The summed E-state index contributed by atoms with van der Waals surface area (Å²) in [5, 5.41) is 4.43. The highest BCUT2D eigenvalue weighted by Crippen LogP contribution is 2.21. The van der Waals surface area contributed by atoms with Crippen molar-refractivity contribution in [3.05, 3.63) is 68.6 Å². The number of nitrogens with one attached hydrogen (secondary N) is 1. The average Bonchev–Trinajstić information content (AvgIpc) is 3.11. The number of rotatable bonds is 6. The van der Waals surface area contributed by atoms with Crippen molar-refractivity contribution >= 4 is 54.3 Å². The van der Waals surface area contributed by atoms with Crippen LogP contribution in [0.5, 0.6) is 0 Å². The molecule has 142 valence electrons. The van der Waals surface area contributed by atoms with Crippen molar-refractivity contribution in [2.24, 2.45) is 0 Å². The largest absolute Gasteiger partial charge is 0.356 e. The van der Waals surface area contributed by atoms with E-state index in [0.717, 1.165) is 19.7 Å². The Hall–Kier alpha value is -2.58. The van der Waals surface area contributed by atoms with Gasteiger partial charge < -0.3 is 5.32 Å². The number of nitrogens with zero attached hydrogens (tertiary/aromatic N) is 3. The minimum absolute atomic E-state index is 0.0950. The minimum Gasteiger partial charge on any atom is -0.356 e. The van der Waals surface area contributed by atoms with E-state index in [9.17, 15) is 9.59 Å². The first-order valence-corrected chi connectivity index (χ1v) is 10.5. The van der Waals surface area contributed by atoms with Gasteiger partial charge in [-0.05, 0) is 30.3 Å². The molecule has 4 aromatic rings. The molecule has 4 rings (SSSR count). The fraction of sp³-hybridized carbons (Fsp3) is 0.200. The quantitative estimate of drug-likeness (QED) is 0.481. The number of carbonyl (C=O) groups excluding carboxylic acids is 1. The Morgan fingerprint density at radius 2 is 2.04 bits per heavy atom. The van der Waals surface area contributed by atoms with Crippen molar-refractivity contribution < 1.29 is 4.79 Å². The second kappa shape index (κ2) is 8.20. The smallest absolute Gasteiger partial charge is 0.261 e. The van der Waals surface area contributed by atoms with Crippen LogP contribution >= 0.6 is 27.3 Å². The molecule has 0 spiro atoms. The molecular formula is C20H17BrN4O2S. The predicted molar refractivity (Wildman–Crippen MR) is 115 cm³/mol.